The molecule has 0 aromatic heterocycles. The fourth-order valence-corrected chi connectivity index (χ4v) is 13.6. The smallest absolute Gasteiger partial charge is 0.0540 e. The Morgan fingerprint density at radius 1 is 0.424 bits per heavy atom. The first-order chi connectivity index (χ1) is 29.0. The molecule has 6 aliphatic carbocycles. The first-order valence-corrected chi connectivity index (χ1v) is 21.9. The lowest BCUT2D eigenvalue weighted by Gasteiger charge is -2.44. The summed E-state index contributed by atoms with van der Waals surface area (Å²) in [7, 11) is 0. The van der Waals surface area contributed by atoms with Crippen LogP contribution in [0, 0.1) is 23.7 Å². The molecule has 8 aromatic rings. The minimum atomic E-state index is -0.106. The Kier molecular flexibility index (Phi) is 6.97. The fraction of sp³-hybridized carbons (Fsp3) is 0.207. The van der Waals surface area contributed by atoms with E-state index in [4.69, 9.17) is 0 Å². The van der Waals surface area contributed by atoms with Crippen LogP contribution in [0.25, 0.3) is 55.3 Å². The highest BCUT2D eigenvalue weighted by molar-refractivity contribution is 6.06. The van der Waals surface area contributed by atoms with Crippen molar-refractivity contribution in [2.75, 3.05) is 4.90 Å². The lowest BCUT2D eigenvalue weighted by molar-refractivity contribution is 0.191. The molecule has 0 aliphatic heterocycles. The van der Waals surface area contributed by atoms with E-state index in [0.717, 1.165) is 23.7 Å². The molecule has 14 rings (SSSR count). The van der Waals surface area contributed by atoms with E-state index in [1.165, 1.54) is 109 Å². The average molecular weight is 758 g/mol. The zero-order valence-corrected chi connectivity index (χ0v) is 33.8. The van der Waals surface area contributed by atoms with Crippen molar-refractivity contribution >= 4 is 27.8 Å². The Hall–Kier alpha value is -6.18. The molecule has 59 heavy (non-hydrogen) atoms. The van der Waals surface area contributed by atoms with Crippen LogP contribution in [0.1, 0.15) is 61.8 Å². The molecule has 8 aromatic carbocycles. The topological polar surface area (TPSA) is 3.24 Å². The highest BCUT2D eigenvalue weighted by atomic mass is 15.1. The van der Waals surface area contributed by atoms with Crippen molar-refractivity contribution in [2.24, 2.45) is 23.7 Å². The summed E-state index contributed by atoms with van der Waals surface area (Å²) in [6.45, 7) is 4.80. The van der Waals surface area contributed by atoms with Gasteiger partial charge in [-0.1, -0.05) is 153 Å². The largest absolute Gasteiger partial charge is 0.310 e. The van der Waals surface area contributed by atoms with E-state index in [1.807, 2.05) is 0 Å². The second-order valence-corrected chi connectivity index (χ2v) is 18.9. The first-order valence-electron chi connectivity index (χ1n) is 21.9. The molecule has 0 heterocycles. The SMILES string of the molecule is CC1(C)c2ccccc2-c2ccc(N(c3ccc4c(c3)-c3cc(-c5ccccc5)ccc3C43C4CC5CC(C4)C3C5)c3ccc(-c4ccccc4)c4ccccc34)cc21. The van der Waals surface area contributed by atoms with E-state index in [2.05, 4.69) is 195 Å². The normalized spacial score (nSPS) is 23.4. The lowest BCUT2D eigenvalue weighted by atomic mass is 9.59. The molecule has 1 spiro atoms. The predicted molar refractivity (Wildman–Crippen MR) is 246 cm³/mol. The molecule has 0 amide bonds. The van der Waals surface area contributed by atoms with E-state index in [9.17, 15) is 0 Å². The van der Waals surface area contributed by atoms with Crippen molar-refractivity contribution in [1.82, 2.24) is 0 Å². The van der Waals surface area contributed by atoms with E-state index < -0.39 is 0 Å². The second-order valence-electron chi connectivity index (χ2n) is 18.9. The predicted octanol–water partition coefficient (Wildman–Crippen LogP) is 15.3. The summed E-state index contributed by atoms with van der Waals surface area (Å²) in [6.07, 6.45) is 5.60. The molecular weight excluding hydrogens is 711 g/mol. The number of hydrogen-bond donors (Lipinski definition) is 0. The minimum absolute atomic E-state index is 0.106. The van der Waals surface area contributed by atoms with Crippen molar-refractivity contribution in [1.29, 1.82) is 0 Å². The maximum atomic E-state index is 2.59. The summed E-state index contributed by atoms with van der Waals surface area (Å²) in [6, 6.07) is 67.1. The third-order valence-corrected chi connectivity index (χ3v) is 15.8. The van der Waals surface area contributed by atoms with Crippen LogP contribution in [0.2, 0.25) is 0 Å². The van der Waals surface area contributed by atoms with Gasteiger partial charge in [0.05, 0.1) is 5.69 Å². The Morgan fingerprint density at radius 2 is 1.07 bits per heavy atom. The van der Waals surface area contributed by atoms with Gasteiger partial charge < -0.3 is 4.90 Å². The van der Waals surface area contributed by atoms with Crippen molar-refractivity contribution in [3.8, 4) is 44.5 Å². The molecule has 5 unspecified atom stereocenters. The molecule has 4 saturated carbocycles. The number of rotatable bonds is 5. The van der Waals surface area contributed by atoms with Gasteiger partial charge in [-0.25, -0.2) is 0 Å². The third-order valence-electron chi connectivity index (χ3n) is 15.8. The fourth-order valence-electron chi connectivity index (χ4n) is 13.6. The monoisotopic (exact) mass is 757 g/mol. The molecule has 4 bridgehead atoms. The van der Waals surface area contributed by atoms with Gasteiger partial charge in [-0.2, -0.15) is 0 Å². The molecule has 1 heteroatoms. The van der Waals surface area contributed by atoms with Gasteiger partial charge >= 0.3 is 0 Å². The second kappa shape index (κ2) is 12.2. The van der Waals surface area contributed by atoms with E-state index in [1.54, 1.807) is 11.1 Å². The average Bonchev–Trinajstić information content (AvgIpc) is 3.90. The van der Waals surface area contributed by atoms with Crippen LogP contribution < -0.4 is 4.90 Å². The molecule has 284 valence electrons. The van der Waals surface area contributed by atoms with Crippen molar-refractivity contribution < 1.29 is 0 Å². The molecule has 0 saturated heterocycles. The Labute approximate surface area is 348 Å². The van der Waals surface area contributed by atoms with Gasteiger partial charge in [0.1, 0.15) is 0 Å². The maximum absolute atomic E-state index is 2.59. The highest BCUT2D eigenvalue weighted by Gasteiger charge is 2.66. The summed E-state index contributed by atoms with van der Waals surface area (Å²) in [4.78, 5) is 2.58. The number of nitrogens with zero attached hydrogens (tertiary/aromatic N) is 1. The molecule has 4 fully saturated rings. The van der Waals surface area contributed by atoms with Gasteiger partial charge in [-0.05, 0) is 158 Å². The van der Waals surface area contributed by atoms with Gasteiger partial charge in [0.25, 0.3) is 0 Å². The number of anilines is 3. The van der Waals surface area contributed by atoms with Crippen molar-refractivity contribution in [3.63, 3.8) is 0 Å². The minimum Gasteiger partial charge on any atom is -0.310 e. The number of fused-ring (bicyclic) bond motifs is 7. The molecule has 5 atom stereocenters. The van der Waals surface area contributed by atoms with Gasteiger partial charge in [0.15, 0.2) is 0 Å². The molecule has 0 radical (unpaired) electrons. The summed E-state index contributed by atoms with van der Waals surface area (Å²) in [5, 5.41) is 2.52. The number of hydrogen-bond acceptors (Lipinski definition) is 1. The van der Waals surface area contributed by atoms with Crippen LogP contribution in [0.3, 0.4) is 0 Å². The molecule has 6 aliphatic rings. The standard InChI is InChI=1S/C58H47N/c1-57(2)51-20-12-11-18-46(51)47-24-22-43(35-55(47)57)59(56-28-25-44(38-15-7-4-8-16-38)45-17-9-10-19-48(45)56)42-23-27-53-50(34-42)49-33-39(37-13-5-3-6-14-37)21-26-52(49)58(53)41-30-36-29-40(32-41)54(58)31-36/h3-28,33-36,40-41,54H,29-32H2,1-2H3. The van der Waals surface area contributed by atoms with Crippen molar-refractivity contribution in [3.05, 3.63) is 198 Å². The quantitative estimate of drug-likeness (QED) is 0.169. The zero-order chi connectivity index (χ0) is 39.0. The van der Waals surface area contributed by atoms with Gasteiger partial charge in [-0.3, -0.25) is 0 Å². The van der Waals surface area contributed by atoms with E-state index in [0.29, 0.717) is 0 Å². The van der Waals surface area contributed by atoms with E-state index in [-0.39, 0.29) is 10.8 Å². The zero-order valence-electron chi connectivity index (χ0n) is 33.8. The molecule has 0 N–H and O–H groups in total. The Bertz CT molecular complexity index is 3010. The van der Waals surface area contributed by atoms with Crippen molar-refractivity contribution in [2.45, 2.75) is 50.4 Å². The van der Waals surface area contributed by atoms with Crippen LogP contribution in [0.5, 0.6) is 0 Å². The molecule has 1 nitrogen and oxygen atoms in total. The summed E-state index contributed by atoms with van der Waals surface area (Å²) in [5.41, 5.74) is 20.3. The van der Waals surface area contributed by atoms with Crippen LogP contribution in [-0.4, -0.2) is 0 Å². The van der Waals surface area contributed by atoms with Crippen LogP contribution in [0.15, 0.2) is 176 Å². The van der Waals surface area contributed by atoms with Crippen LogP contribution in [-0.2, 0) is 10.8 Å². The highest BCUT2D eigenvalue weighted by Crippen LogP contribution is 2.73. The Balaban J connectivity index is 1.06. The van der Waals surface area contributed by atoms with Crippen LogP contribution in [0.4, 0.5) is 17.1 Å². The van der Waals surface area contributed by atoms with E-state index >= 15 is 0 Å². The lowest BCUT2D eigenvalue weighted by Crippen LogP contribution is -2.40. The summed E-state index contributed by atoms with van der Waals surface area (Å²) >= 11 is 0. The van der Waals surface area contributed by atoms with Gasteiger partial charge in [-0.15, -0.1) is 0 Å². The number of benzene rings is 8. The summed E-state index contributed by atoms with van der Waals surface area (Å²) < 4.78 is 0. The maximum Gasteiger partial charge on any atom is 0.0540 e. The Morgan fingerprint density at radius 3 is 1.88 bits per heavy atom. The van der Waals surface area contributed by atoms with Crippen LogP contribution >= 0.6 is 0 Å². The first kappa shape index (κ1) is 33.8. The van der Waals surface area contributed by atoms with Gasteiger partial charge in [0.2, 0.25) is 0 Å². The van der Waals surface area contributed by atoms with Gasteiger partial charge in [0, 0.05) is 27.6 Å². The summed E-state index contributed by atoms with van der Waals surface area (Å²) in [5.74, 6) is 3.24. The molecular formula is C58H47N. The third kappa shape index (κ3) is 4.57.